The Morgan fingerprint density at radius 1 is 0.786 bits per heavy atom. The summed E-state index contributed by atoms with van der Waals surface area (Å²) >= 11 is 3.81. The molecule has 0 spiro atoms. The van der Waals surface area contributed by atoms with Gasteiger partial charge in [-0.15, -0.1) is 20.5 Å². The standard InChI is InChI=1S/C20H28NS.C8H7NS.2ClHO4/c1-14(2)16-9-8-10-17(15(3)4)20(16)21-13-22-19-12-7-5-6-11-18(19)21;1-2-4-7-8(5-3-1)10-6-9-7;2*2-1(3,4)5/h8-10,13-15H,5-7,11-12H2,1-4H3;1-5H,6H2;2*(H,2,3,4,5)/q+1;;;/p-1. The second-order valence-electron chi connectivity index (χ2n) is 10.0. The first kappa shape index (κ1) is 36.5. The fraction of sp³-hybridized carbons (Fsp3) is 0.429. The number of thiazole rings is 1. The van der Waals surface area contributed by atoms with Gasteiger partial charge in [-0.1, -0.05) is 81.9 Å². The SMILES string of the molecule is C1=CC=C2SC[NH+]=C2C=C1.CC(C)c1cccc(C(C)C)c1-[n+]1csc2c1CCCCC2.[O-][Cl+3]([O-])([O-])[O-].[O-][Cl+3]([O-])([O-])[O-]. The van der Waals surface area contributed by atoms with Gasteiger partial charge in [0.15, 0.2) is 5.88 Å². The molecule has 2 aliphatic carbocycles. The van der Waals surface area contributed by atoms with Crippen molar-refractivity contribution in [1.29, 1.82) is 0 Å². The first-order valence-corrected chi connectivity index (χ1v) is 17.6. The summed E-state index contributed by atoms with van der Waals surface area (Å²) in [4.78, 5) is 6.25. The quantitative estimate of drug-likeness (QED) is 0.253. The van der Waals surface area contributed by atoms with Crippen LogP contribution in [0.25, 0.3) is 5.69 Å². The number of hydrogen-bond acceptors (Lipinski definition) is 10. The first-order valence-electron chi connectivity index (χ1n) is 13.2. The van der Waals surface area contributed by atoms with Gasteiger partial charge in [0.2, 0.25) is 22.6 Å². The van der Waals surface area contributed by atoms with Gasteiger partial charge in [-0.2, -0.15) is 4.57 Å². The van der Waals surface area contributed by atoms with Crippen LogP contribution in [0, 0.1) is 20.5 Å². The molecule has 0 saturated carbocycles. The van der Waals surface area contributed by atoms with Gasteiger partial charge in [-0.3, -0.25) is 0 Å². The van der Waals surface area contributed by atoms with Crippen molar-refractivity contribution in [3.8, 4) is 5.69 Å². The van der Waals surface area contributed by atoms with E-state index in [0.29, 0.717) is 11.8 Å². The van der Waals surface area contributed by atoms with Crippen molar-refractivity contribution in [2.75, 3.05) is 5.88 Å². The van der Waals surface area contributed by atoms with E-state index in [-0.39, 0.29) is 0 Å². The molecule has 0 bridgehead atoms. The molecule has 0 unspecified atom stereocenters. The van der Waals surface area contributed by atoms with Crippen LogP contribution in [0.1, 0.15) is 80.5 Å². The van der Waals surface area contributed by atoms with Crippen molar-refractivity contribution in [1.82, 2.24) is 0 Å². The smallest absolute Gasteiger partial charge is 0.231 e. The minimum absolute atomic E-state index is 0.558. The third-order valence-corrected chi connectivity index (χ3v) is 8.30. The number of thioether (sulfide) groups is 1. The Morgan fingerprint density at radius 3 is 1.93 bits per heavy atom. The fourth-order valence-electron chi connectivity index (χ4n) is 4.57. The zero-order valence-electron chi connectivity index (χ0n) is 23.9. The highest BCUT2D eigenvalue weighted by molar-refractivity contribution is 8.04. The molecule has 42 heavy (non-hydrogen) atoms. The number of hydrogen-bond donors (Lipinski definition) is 1. The number of aryl methyl sites for hydroxylation is 1. The highest BCUT2D eigenvalue weighted by atomic mass is 35.7. The number of nitrogens with one attached hydrogen (secondary N) is 1. The molecular formula is C28H36Cl2N2O8S2. The summed E-state index contributed by atoms with van der Waals surface area (Å²) in [5, 5.41) is 0. The highest BCUT2D eigenvalue weighted by Crippen LogP contribution is 2.31. The van der Waals surface area contributed by atoms with Gasteiger partial charge in [0.25, 0.3) is 0 Å². The number of rotatable bonds is 3. The lowest BCUT2D eigenvalue weighted by molar-refractivity contribution is -2.00. The van der Waals surface area contributed by atoms with E-state index in [1.54, 1.807) is 10.6 Å². The van der Waals surface area contributed by atoms with Crippen LogP contribution in [0.5, 0.6) is 0 Å². The predicted octanol–water partition coefficient (Wildman–Crippen LogP) is -3.75. The number of fused-ring (bicyclic) bond motifs is 2. The van der Waals surface area contributed by atoms with Crippen molar-refractivity contribution >= 4 is 28.8 Å². The largest absolute Gasteiger partial charge is 0.231 e. The molecule has 0 fully saturated rings. The van der Waals surface area contributed by atoms with E-state index >= 15 is 0 Å². The molecule has 1 aromatic carbocycles. The Hall–Kier alpha value is -1.65. The van der Waals surface area contributed by atoms with Crippen LogP contribution < -0.4 is 46.8 Å². The summed E-state index contributed by atoms with van der Waals surface area (Å²) in [6, 6.07) is 6.87. The lowest BCUT2D eigenvalue weighted by Gasteiger charge is -2.17. The Bertz CT molecular complexity index is 1230. The molecule has 14 heteroatoms. The van der Waals surface area contributed by atoms with E-state index in [9.17, 15) is 0 Å². The Morgan fingerprint density at radius 2 is 1.36 bits per heavy atom. The maximum atomic E-state index is 8.49. The molecule has 1 N–H and O–H groups in total. The highest BCUT2D eigenvalue weighted by Gasteiger charge is 2.29. The van der Waals surface area contributed by atoms with E-state index in [0.717, 1.165) is 5.88 Å². The van der Waals surface area contributed by atoms with Crippen molar-refractivity contribution in [2.45, 2.75) is 71.6 Å². The summed E-state index contributed by atoms with van der Waals surface area (Å²) in [7, 11) is -9.89. The van der Waals surface area contributed by atoms with E-state index in [2.05, 4.69) is 85.3 Å². The van der Waals surface area contributed by atoms with Crippen LogP contribution in [0.15, 0.2) is 59.0 Å². The molecule has 5 rings (SSSR count). The average molecular weight is 664 g/mol. The number of nitrogens with zero attached hydrogens (tertiary/aromatic N) is 1. The third kappa shape index (κ3) is 13.3. The molecule has 0 atom stereocenters. The minimum atomic E-state index is -4.94. The second-order valence-corrected chi connectivity index (χ2v) is 13.5. The van der Waals surface area contributed by atoms with Gasteiger partial charge in [-0.05, 0) is 48.9 Å². The number of halogens is 2. The summed E-state index contributed by atoms with van der Waals surface area (Å²) in [6.07, 6.45) is 17.0. The number of aromatic nitrogens is 1. The van der Waals surface area contributed by atoms with Gasteiger partial charge in [0.1, 0.15) is 0 Å². The van der Waals surface area contributed by atoms with Crippen LogP contribution in [0.4, 0.5) is 0 Å². The van der Waals surface area contributed by atoms with Gasteiger partial charge in [0.05, 0.1) is 9.78 Å². The minimum Gasteiger partial charge on any atom is -0.231 e. The first-order chi connectivity index (χ1) is 19.6. The fourth-order valence-corrected chi connectivity index (χ4v) is 6.49. The topological polar surface area (TPSA) is 202 Å². The maximum Gasteiger partial charge on any atom is 0.231 e. The summed E-state index contributed by atoms with van der Waals surface area (Å²) in [6.45, 7) is 9.26. The summed E-state index contributed by atoms with van der Waals surface area (Å²) < 4.78 is 70.5. The van der Waals surface area contributed by atoms with E-state index in [4.69, 9.17) is 37.3 Å². The molecule has 1 aliphatic heterocycles. The van der Waals surface area contributed by atoms with Crippen molar-refractivity contribution in [3.63, 3.8) is 0 Å². The summed E-state index contributed by atoms with van der Waals surface area (Å²) in [5.41, 5.74) is 9.64. The molecule has 232 valence electrons. The zero-order valence-corrected chi connectivity index (χ0v) is 27.0. The monoisotopic (exact) mass is 662 g/mol. The number of benzene rings is 1. The van der Waals surface area contributed by atoms with Gasteiger partial charge >= 0.3 is 0 Å². The van der Waals surface area contributed by atoms with E-state index in [1.807, 2.05) is 29.2 Å². The molecule has 2 aromatic rings. The Labute approximate surface area is 259 Å². The number of allylic oxidation sites excluding steroid dienone is 6. The molecule has 1 aromatic heterocycles. The predicted molar refractivity (Wildman–Crippen MR) is 140 cm³/mol. The molecule has 3 aliphatic rings. The van der Waals surface area contributed by atoms with Crippen molar-refractivity contribution in [2.24, 2.45) is 0 Å². The van der Waals surface area contributed by atoms with Crippen molar-refractivity contribution < 1.29 is 67.3 Å². The molecule has 0 saturated heterocycles. The van der Waals surface area contributed by atoms with Crippen LogP contribution in [0.2, 0.25) is 0 Å². The van der Waals surface area contributed by atoms with Crippen LogP contribution in [-0.4, -0.2) is 11.6 Å². The third-order valence-electron chi connectivity index (χ3n) is 6.30. The Kier molecular flexibility index (Phi) is 14.8. The van der Waals surface area contributed by atoms with Gasteiger partial charge in [-0.25, -0.2) is 42.3 Å². The molecule has 0 amide bonds. The molecule has 2 heterocycles. The van der Waals surface area contributed by atoms with Gasteiger partial charge in [0, 0.05) is 23.6 Å². The lowest BCUT2D eigenvalue weighted by Crippen LogP contribution is -2.68. The maximum absolute atomic E-state index is 8.49. The lowest BCUT2D eigenvalue weighted by atomic mass is 9.92. The van der Waals surface area contributed by atoms with Crippen LogP contribution in [0.3, 0.4) is 0 Å². The normalized spacial score (nSPS) is 16.0. The van der Waals surface area contributed by atoms with Crippen molar-refractivity contribution in [3.05, 3.63) is 80.7 Å². The van der Waals surface area contributed by atoms with Gasteiger partial charge < -0.3 is 0 Å². The molecular weight excluding hydrogens is 627 g/mol. The Balaban J connectivity index is 0.000000252. The van der Waals surface area contributed by atoms with E-state index < -0.39 is 20.5 Å². The second kappa shape index (κ2) is 17.0. The van der Waals surface area contributed by atoms with E-state index in [1.165, 1.54) is 59.5 Å². The zero-order chi connectivity index (χ0) is 31.5. The van der Waals surface area contributed by atoms with Crippen LogP contribution >= 0.6 is 23.1 Å². The number of para-hydroxylation sites is 1. The molecule has 10 nitrogen and oxygen atoms in total. The summed E-state index contributed by atoms with van der Waals surface area (Å²) in [5.74, 6) is 2.13. The molecule has 0 radical (unpaired) electrons. The average Bonchev–Trinajstić information content (AvgIpc) is 3.32. The van der Waals surface area contributed by atoms with Crippen LogP contribution in [-0.2, 0) is 12.8 Å².